The van der Waals surface area contributed by atoms with Crippen molar-refractivity contribution in [2.45, 2.75) is 19.9 Å². The molecule has 2 heterocycles. The van der Waals surface area contributed by atoms with Gasteiger partial charge < -0.3 is 9.09 Å². The molecule has 4 nitrogen and oxygen atoms in total. The Morgan fingerprint density at radius 2 is 2.21 bits per heavy atom. The van der Waals surface area contributed by atoms with E-state index < -0.39 is 0 Å². The fourth-order valence-corrected chi connectivity index (χ4v) is 2.44. The van der Waals surface area contributed by atoms with Crippen LogP contribution in [0.1, 0.15) is 17.1 Å². The molecule has 0 spiro atoms. The SMILES string of the molecule is Cc1cccc2c1nc(CCCl)n2Cc1ccno1. The van der Waals surface area contributed by atoms with Crippen molar-refractivity contribution in [2.75, 3.05) is 5.88 Å². The van der Waals surface area contributed by atoms with E-state index in [9.17, 15) is 0 Å². The monoisotopic (exact) mass is 275 g/mol. The normalized spacial score (nSPS) is 11.3. The van der Waals surface area contributed by atoms with Gasteiger partial charge >= 0.3 is 0 Å². The van der Waals surface area contributed by atoms with Crippen LogP contribution in [0.15, 0.2) is 35.0 Å². The zero-order chi connectivity index (χ0) is 13.2. The number of alkyl halides is 1. The number of imidazole rings is 1. The molecule has 98 valence electrons. The summed E-state index contributed by atoms with van der Waals surface area (Å²) < 4.78 is 7.33. The van der Waals surface area contributed by atoms with Crippen molar-refractivity contribution in [1.82, 2.24) is 14.7 Å². The number of rotatable bonds is 4. The third-order valence-electron chi connectivity index (χ3n) is 3.18. The quantitative estimate of drug-likeness (QED) is 0.687. The lowest BCUT2D eigenvalue weighted by Crippen LogP contribution is -2.05. The number of nitrogens with zero attached hydrogens (tertiary/aromatic N) is 3. The maximum absolute atomic E-state index is 5.87. The van der Waals surface area contributed by atoms with Gasteiger partial charge in [0.15, 0.2) is 5.76 Å². The molecule has 3 aromatic rings. The summed E-state index contributed by atoms with van der Waals surface area (Å²) in [4.78, 5) is 4.70. The first kappa shape index (κ1) is 12.2. The Morgan fingerprint density at radius 1 is 1.32 bits per heavy atom. The first-order valence-electron chi connectivity index (χ1n) is 6.20. The number of para-hydroxylation sites is 1. The van der Waals surface area contributed by atoms with Crippen LogP contribution in [0.25, 0.3) is 11.0 Å². The van der Waals surface area contributed by atoms with Gasteiger partial charge in [-0.05, 0) is 18.6 Å². The smallest absolute Gasteiger partial charge is 0.156 e. The molecule has 3 rings (SSSR count). The average molecular weight is 276 g/mol. The largest absolute Gasteiger partial charge is 0.359 e. The maximum Gasteiger partial charge on any atom is 0.156 e. The number of hydrogen-bond donors (Lipinski definition) is 0. The average Bonchev–Trinajstić information content (AvgIpc) is 3.01. The lowest BCUT2D eigenvalue weighted by molar-refractivity contribution is 0.376. The molecule has 0 fully saturated rings. The Kier molecular flexibility index (Phi) is 3.25. The summed E-state index contributed by atoms with van der Waals surface area (Å²) in [5, 5.41) is 3.74. The second-order valence-electron chi connectivity index (χ2n) is 4.47. The molecule has 0 atom stereocenters. The fourth-order valence-electron chi connectivity index (χ4n) is 2.27. The highest BCUT2D eigenvalue weighted by atomic mass is 35.5. The van der Waals surface area contributed by atoms with Crippen LogP contribution in [0, 0.1) is 6.92 Å². The molecule has 2 aromatic heterocycles. The van der Waals surface area contributed by atoms with Gasteiger partial charge in [0.25, 0.3) is 0 Å². The molecule has 0 aliphatic rings. The van der Waals surface area contributed by atoms with Crippen molar-refractivity contribution >= 4 is 22.6 Å². The molecule has 0 aliphatic heterocycles. The van der Waals surface area contributed by atoms with Crippen LogP contribution in [0.4, 0.5) is 0 Å². The number of aryl methyl sites for hydroxylation is 2. The molecule has 0 saturated heterocycles. The summed E-state index contributed by atoms with van der Waals surface area (Å²) in [5.41, 5.74) is 3.31. The van der Waals surface area contributed by atoms with Gasteiger partial charge in [-0.1, -0.05) is 17.3 Å². The molecule has 1 aromatic carbocycles. The summed E-state index contributed by atoms with van der Waals surface area (Å²) in [6.07, 6.45) is 2.39. The van der Waals surface area contributed by atoms with Gasteiger partial charge in [0, 0.05) is 18.4 Å². The number of halogens is 1. The van der Waals surface area contributed by atoms with Crippen molar-refractivity contribution in [3.63, 3.8) is 0 Å². The van der Waals surface area contributed by atoms with E-state index in [0.717, 1.165) is 29.0 Å². The van der Waals surface area contributed by atoms with E-state index in [0.29, 0.717) is 12.4 Å². The Bertz CT molecular complexity index is 688. The first-order valence-corrected chi connectivity index (χ1v) is 6.73. The predicted molar refractivity (Wildman–Crippen MR) is 74.5 cm³/mol. The van der Waals surface area contributed by atoms with E-state index in [1.807, 2.05) is 12.1 Å². The summed E-state index contributed by atoms with van der Waals surface area (Å²) in [5.74, 6) is 2.35. The summed E-state index contributed by atoms with van der Waals surface area (Å²) in [7, 11) is 0. The molecule has 0 N–H and O–H groups in total. The molecule has 0 amide bonds. The zero-order valence-corrected chi connectivity index (χ0v) is 11.4. The molecular formula is C14H14ClN3O. The minimum atomic E-state index is 0.554. The van der Waals surface area contributed by atoms with Crippen LogP contribution in [0.3, 0.4) is 0 Å². The van der Waals surface area contributed by atoms with Crippen LogP contribution >= 0.6 is 11.6 Å². The van der Waals surface area contributed by atoms with E-state index in [4.69, 9.17) is 21.1 Å². The second-order valence-corrected chi connectivity index (χ2v) is 4.85. The first-order chi connectivity index (χ1) is 9.29. The maximum atomic E-state index is 5.87. The van der Waals surface area contributed by atoms with Gasteiger partial charge in [-0.25, -0.2) is 4.98 Å². The van der Waals surface area contributed by atoms with Gasteiger partial charge in [-0.2, -0.15) is 0 Å². The van der Waals surface area contributed by atoms with Crippen molar-refractivity contribution in [2.24, 2.45) is 0 Å². The van der Waals surface area contributed by atoms with Crippen LogP contribution in [-0.2, 0) is 13.0 Å². The van der Waals surface area contributed by atoms with Gasteiger partial charge in [0.2, 0.25) is 0 Å². The summed E-state index contributed by atoms with van der Waals surface area (Å²) in [6.45, 7) is 2.70. The van der Waals surface area contributed by atoms with E-state index >= 15 is 0 Å². The van der Waals surface area contributed by atoms with Crippen molar-refractivity contribution in [3.05, 3.63) is 47.6 Å². The standard InChI is InChI=1S/C14H14ClN3O/c1-10-3-2-4-12-14(10)17-13(5-7-15)18(12)9-11-6-8-16-19-11/h2-4,6,8H,5,7,9H2,1H3. The molecule has 0 unspecified atom stereocenters. The summed E-state index contributed by atoms with van der Waals surface area (Å²) >= 11 is 5.87. The highest BCUT2D eigenvalue weighted by Gasteiger charge is 2.13. The highest BCUT2D eigenvalue weighted by Crippen LogP contribution is 2.21. The molecule has 0 saturated carbocycles. The van der Waals surface area contributed by atoms with Gasteiger partial charge in [-0.15, -0.1) is 11.6 Å². The van der Waals surface area contributed by atoms with Crippen molar-refractivity contribution in [1.29, 1.82) is 0 Å². The third kappa shape index (κ3) is 2.24. The van der Waals surface area contributed by atoms with Crippen LogP contribution < -0.4 is 0 Å². The zero-order valence-electron chi connectivity index (χ0n) is 10.6. The Balaban J connectivity index is 2.13. The van der Waals surface area contributed by atoms with Gasteiger partial charge in [0.05, 0.1) is 23.8 Å². The van der Waals surface area contributed by atoms with E-state index in [-0.39, 0.29) is 0 Å². The number of aromatic nitrogens is 3. The second kappa shape index (κ2) is 5.05. The molecule has 0 radical (unpaired) electrons. The summed E-state index contributed by atoms with van der Waals surface area (Å²) in [6, 6.07) is 8.05. The lowest BCUT2D eigenvalue weighted by Gasteiger charge is -2.05. The van der Waals surface area contributed by atoms with Crippen LogP contribution in [0.5, 0.6) is 0 Å². The minimum absolute atomic E-state index is 0.554. The Labute approximate surface area is 116 Å². The van der Waals surface area contributed by atoms with Gasteiger partial charge in [0.1, 0.15) is 5.82 Å². The van der Waals surface area contributed by atoms with E-state index in [1.54, 1.807) is 6.20 Å². The van der Waals surface area contributed by atoms with Crippen molar-refractivity contribution < 1.29 is 4.52 Å². The number of fused-ring (bicyclic) bond motifs is 1. The lowest BCUT2D eigenvalue weighted by atomic mass is 10.2. The molecule has 5 heteroatoms. The van der Waals surface area contributed by atoms with Crippen molar-refractivity contribution in [3.8, 4) is 0 Å². The van der Waals surface area contributed by atoms with E-state index in [2.05, 4.69) is 28.8 Å². The molecular weight excluding hydrogens is 262 g/mol. The highest BCUT2D eigenvalue weighted by molar-refractivity contribution is 6.17. The Morgan fingerprint density at radius 3 is 2.95 bits per heavy atom. The van der Waals surface area contributed by atoms with E-state index in [1.165, 1.54) is 5.56 Å². The third-order valence-corrected chi connectivity index (χ3v) is 3.37. The number of benzene rings is 1. The molecule has 0 aliphatic carbocycles. The predicted octanol–water partition coefficient (Wildman–Crippen LogP) is 3.16. The Hall–Kier alpha value is -1.81. The molecule has 19 heavy (non-hydrogen) atoms. The van der Waals surface area contributed by atoms with Crippen LogP contribution in [-0.4, -0.2) is 20.6 Å². The van der Waals surface area contributed by atoms with Crippen LogP contribution in [0.2, 0.25) is 0 Å². The van der Waals surface area contributed by atoms with Gasteiger partial charge in [-0.3, -0.25) is 0 Å². The fraction of sp³-hybridized carbons (Fsp3) is 0.286. The minimum Gasteiger partial charge on any atom is -0.359 e. The molecule has 0 bridgehead atoms. The number of hydrogen-bond acceptors (Lipinski definition) is 3. The topological polar surface area (TPSA) is 43.9 Å².